The normalized spacial score (nSPS) is 11.0. The highest BCUT2D eigenvalue weighted by atomic mass is 35.5. The van der Waals surface area contributed by atoms with Crippen LogP contribution in [-0.2, 0) is 4.74 Å². The summed E-state index contributed by atoms with van der Waals surface area (Å²) in [4.78, 5) is 17.6. The summed E-state index contributed by atoms with van der Waals surface area (Å²) in [6.45, 7) is 6.61. The van der Waals surface area contributed by atoms with Gasteiger partial charge in [-0.25, -0.2) is 9.78 Å². The van der Waals surface area contributed by atoms with E-state index in [4.69, 9.17) is 21.3 Å². The molecule has 0 spiro atoms. The molecule has 0 saturated carbocycles. The largest absolute Gasteiger partial charge is 0.462 e. The maximum atomic E-state index is 12.8. The molecular weight excluding hydrogens is 358 g/mol. The minimum absolute atomic E-state index is 0.293. The number of aryl methyl sites for hydroxylation is 2. The van der Waals surface area contributed by atoms with Crippen molar-refractivity contribution in [1.82, 2.24) is 4.98 Å². The first-order valence-corrected chi connectivity index (χ1v) is 9.72. The first kappa shape index (κ1) is 19.4. The van der Waals surface area contributed by atoms with Crippen molar-refractivity contribution in [2.45, 2.75) is 40.0 Å². The highest BCUT2D eigenvalue weighted by molar-refractivity contribution is 6.30. The van der Waals surface area contributed by atoms with Crippen molar-refractivity contribution in [3.63, 3.8) is 0 Å². The molecule has 0 atom stereocenters. The summed E-state index contributed by atoms with van der Waals surface area (Å²) < 4.78 is 5.54. The molecule has 3 nitrogen and oxygen atoms in total. The molecule has 140 valence electrons. The third-order valence-electron chi connectivity index (χ3n) is 4.59. The lowest BCUT2D eigenvalue weighted by Gasteiger charge is -2.12. The van der Waals surface area contributed by atoms with E-state index in [1.165, 1.54) is 0 Å². The van der Waals surface area contributed by atoms with Gasteiger partial charge in [0.25, 0.3) is 0 Å². The molecule has 2 aromatic carbocycles. The van der Waals surface area contributed by atoms with E-state index in [-0.39, 0.29) is 5.97 Å². The third-order valence-corrected chi connectivity index (χ3v) is 4.84. The second-order valence-electron chi connectivity index (χ2n) is 6.88. The molecular formula is C23H24ClNO2. The van der Waals surface area contributed by atoms with Crippen LogP contribution in [0.3, 0.4) is 0 Å². The molecule has 0 amide bonds. The Morgan fingerprint density at radius 1 is 1.07 bits per heavy atom. The number of rotatable bonds is 6. The zero-order chi connectivity index (χ0) is 19.4. The molecule has 3 aromatic rings. The Morgan fingerprint density at radius 2 is 1.81 bits per heavy atom. The van der Waals surface area contributed by atoms with Crippen molar-refractivity contribution in [1.29, 1.82) is 0 Å². The number of halogens is 1. The van der Waals surface area contributed by atoms with Crippen LogP contribution in [0.25, 0.3) is 22.2 Å². The van der Waals surface area contributed by atoms with Gasteiger partial charge in [0.1, 0.15) is 0 Å². The lowest BCUT2D eigenvalue weighted by molar-refractivity contribution is 0.0500. The van der Waals surface area contributed by atoms with E-state index >= 15 is 0 Å². The fraction of sp³-hybridized carbons (Fsp3) is 0.304. The maximum Gasteiger partial charge on any atom is 0.338 e. The Labute approximate surface area is 165 Å². The minimum atomic E-state index is -0.293. The highest BCUT2D eigenvalue weighted by Gasteiger charge is 2.17. The zero-order valence-electron chi connectivity index (χ0n) is 16.0. The summed E-state index contributed by atoms with van der Waals surface area (Å²) in [5, 5.41) is 1.51. The van der Waals surface area contributed by atoms with Crippen LogP contribution in [-0.4, -0.2) is 17.6 Å². The van der Waals surface area contributed by atoms with Gasteiger partial charge >= 0.3 is 5.97 Å². The van der Waals surface area contributed by atoms with Crippen LogP contribution < -0.4 is 0 Å². The topological polar surface area (TPSA) is 39.2 Å². The number of carbonyl (C=O) groups is 1. The Bertz CT molecular complexity index is 964. The van der Waals surface area contributed by atoms with E-state index in [1.54, 1.807) is 0 Å². The standard InChI is InChI=1S/C23H24ClNO2/c1-4-5-6-11-27-23(26)20-14-21(17-7-9-18(24)10-8-17)25-22-16(3)12-15(2)13-19(20)22/h7-10,12-14H,4-6,11H2,1-3H3. The lowest BCUT2D eigenvalue weighted by Crippen LogP contribution is -2.08. The molecule has 0 aliphatic heterocycles. The number of hydrogen-bond acceptors (Lipinski definition) is 3. The summed E-state index contributed by atoms with van der Waals surface area (Å²) in [7, 11) is 0. The predicted molar refractivity (Wildman–Crippen MR) is 111 cm³/mol. The number of ether oxygens (including phenoxy) is 1. The lowest BCUT2D eigenvalue weighted by atomic mass is 10.00. The zero-order valence-corrected chi connectivity index (χ0v) is 16.8. The van der Waals surface area contributed by atoms with Crippen molar-refractivity contribution in [3.8, 4) is 11.3 Å². The predicted octanol–water partition coefficient (Wildman–Crippen LogP) is 6.52. The molecule has 3 rings (SSSR count). The van der Waals surface area contributed by atoms with Gasteiger partial charge in [0.15, 0.2) is 0 Å². The Kier molecular flexibility index (Phi) is 6.12. The molecule has 0 bridgehead atoms. The second kappa shape index (κ2) is 8.53. The molecule has 0 aliphatic carbocycles. The van der Waals surface area contributed by atoms with Crippen LogP contribution in [0.15, 0.2) is 42.5 Å². The van der Waals surface area contributed by atoms with Gasteiger partial charge in [0.2, 0.25) is 0 Å². The van der Waals surface area contributed by atoms with E-state index in [0.29, 0.717) is 17.2 Å². The summed E-state index contributed by atoms with van der Waals surface area (Å²) in [6.07, 6.45) is 3.03. The number of esters is 1. The van der Waals surface area contributed by atoms with Crippen molar-refractivity contribution >= 4 is 28.5 Å². The summed E-state index contributed by atoms with van der Waals surface area (Å²) in [6, 6.07) is 13.4. The number of benzene rings is 2. The first-order valence-electron chi connectivity index (χ1n) is 9.34. The van der Waals surface area contributed by atoms with Gasteiger partial charge in [-0.15, -0.1) is 0 Å². The van der Waals surface area contributed by atoms with Gasteiger partial charge in [-0.3, -0.25) is 0 Å². The molecule has 4 heteroatoms. The number of pyridine rings is 1. The van der Waals surface area contributed by atoms with Gasteiger partial charge < -0.3 is 4.74 Å². The fourth-order valence-electron chi connectivity index (χ4n) is 3.21. The van der Waals surface area contributed by atoms with Crippen molar-refractivity contribution in [2.75, 3.05) is 6.61 Å². The quantitative estimate of drug-likeness (QED) is 0.360. The van der Waals surface area contributed by atoms with Crippen molar-refractivity contribution in [2.24, 2.45) is 0 Å². The number of nitrogens with zero attached hydrogens (tertiary/aromatic N) is 1. The molecule has 0 N–H and O–H groups in total. The first-order chi connectivity index (χ1) is 13.0. The molecule has 0 saturated heterocycles. The number of carbonyl (C=O) groups excluding carboxylic acids is 1. The number of fused-ring (bicyclic) bond motifs is 1. The van der Waals surface area contributed by atoms with Crippen molar-refractivity contribution < 1.29 is 9.53 Å². The average Bonchev–Trinajstić information content (AvgIpc) is 2.65. The monoisotopic (exact) mass is 381 g/mol. The molecule has 0 fully saturated rings. The summed E-state index contributed by atoms with van der Waals surface area (Å²) >= 11 is 6.01. The molecule has 1 heterocycles. The molecule has 1 aromatic heterocycles. The number of aromatic nitrogens is 1. The smallest absolute Gasteiger partial charge is 0.338 e. The van der Waals surface area contributed by atoms with Crippen LogP contribution >= 0.6 is 11.6 Å². The van der Waals surface area contributed by atoms with Gasteiger partial charge in [0, 0.05) is 16.0 Å². The maximum absolute atomic E-state index is 12.8. The molecule has 0 aliphatic rings. The van der Waals surface area contributed by atoms with Crippen LogP contribution in [0.2, 0.25) is 5.02 Å². The minimum Gasteiger partial charge on any atom is -0.462 e. The van der Waals surface area contributed by atoms with Gasteiger partial charge in [-0.05, 0) is 50.1 Å². The van der Waals surface area contributed by atoms with Crippen LogP contribution in [0, 0.1) is 13.8 Å². The van der Waals surface area contributed by atoms with E-state index < -0.39 is 0 Å². The Morgan fingerprint density at radius 3 is 2.52 bits per heavy atom. The summed E-state index contributed by atoms with van der Waals surface area (Å²) in [5.41, 5.74) is 5.19. The molecule has 0 radical (unpaired) electrons. The number of unbranched alkanes of at least 4 members (excludes halogenated alkanes) is 2. The fourth-order valence-corrected chi connectivity index (χ4v) is 3.34. The van der Waals surface area contributed by atoms with E-state index in [2.05, 4.69) is 13.0 Å². The van der Waals surface area contributed by atoms with Crippen LogP contribution in [0.4, 0.5) is 0 Å². The van der Waals surface area contributed by atoms with Crippen molar-refractivity contribution in [3.05, 3.63) is 64.2 Å². The van der Waals surface area contributed by atoms with Gasteiger partial charge in [-0.1, -0.05) is 55.1 Å². The Balaban J connectivity index is 2.08. The molecule has 27 heavy (non-hydrogen) atoms. The van der Waals surface area contributed by atoms with E-state index in [0.717, 1.165) is 52.5 Å². The van der Waals surface area contributed by atoms with E-state index in [1.807, 2.05) is 50.2 Å². The van der Waals surface area contributed by atoms with Crippen LogP contribution in [0.5, 0.6) is 0 Å². The number of hydrogen-bond donors (Lipinski definition) is 0. The van der Waals surface area contributed by atoms with E-state index in [9.17, 15) is 4.79 Å². The Hall–Kier alpha value is -2.39. The SMILES string of the molecule is CCCCCOC(=O)c1cc(-c2ccc(Cl)cc2)nc2c(C)cc(C)cc12. The molecule has 0 unspecified atom stereocenters. The second-order valence-corrected chi connectivity index (χ2v) is 7.32. The van der Waals surface area contributed by atoms with Gasteiger partial charge in [-0.2, -0.15) is 0 Å². The average molecular weight is 382 g/mol. The summed E-state index contributed by atoms with van der Waals surface area (Å²) in [5.74, 6) is -0.293. The van der Waals surface area contributed by atoms with Crippen LogP contribution in [0.1, 0.15) is 47.7 Å². The highest BCUT2D eigenvalue weighted by Crippen LogP contribution is 2.29. The third kappa shape index (κ3) is 4.48. The van der Waals surface area contributed by atoms with Gasteiger partial charge in [0.05, 0.1) is 23.4 Å².